The van der Waals surface area contributed by atoms with Gasteiger partial charge in [-0.2, -0.15) is 0 Å². The van der Waals surface area contributed by atoms with Gasteiger partial charge in [-0.05, 0) is 22.6 Å². The molecule has 0 saturated heterocycles. The predicted molar refractivity (Wildman–Crippen MR) is 89.3 cm³/mol. The van der Waals surface area contributed by atoms with Crippen LogP contribution < -0.4 is 0 Å². The molecule has 0 N–H and O–H groups in total. The molecule has 0 aromatic heterocycles. The van der Waals surface area contributed by atoms with Crippen molar-refractivity contribution in [2.75, 3.05) is 0 Å². The minimum absolute atomic E-state index is 0.350. The second-order valence-corrected chi connectivity index (χ2v) is 5.88. The first-order chi connectivity index (χ1) is 10.2. The lowest BCUT2D eigenvalue weighted by Crippen LogP contribution is -2.08. The molecule has 0 heterocycles. The maximum atomic E-state index is 12.1. The largest absolute Gasteiger partial charge is 0.299 e. The van der Waals surface area contributed by atoms with Gasteiger partial charge in [0, 0.05) is 12.8 Å². The monoisotopic (exact) mass is 280 g/mol. The molecule has 110 valence electrons. The summed E-state index contributed by atoms with van der Waals surface area (Å²) in [5, 5.41) is 0. The normalized spacial score (nSPS) is 12.1. The minimum atomic E-state index is 0.350. The third-order valence-electron chi connectivity index (χ3n) is 3.82. The van der Waals surface area contributed by atoms with E-state index in [4.69, 9.17) is 0 Å². The third-order valence-corrected chi connectivity index (χ3v) is 3.82. The first-order valence-electron chi connectivity index (χ1n) is 7.85. The van der Waals surface area contributed by atoms with E-state index in [0.717, 1.165) is 18.4 Å². The number of carbonyl (C=O) groups excluding carboxylic acids is 1. The Morgan fingerprint density at radius 3 is 2.19 bits per heavy atom. The molecule has 21 heavy (non-hydrogen) atoms. The maximum Gasteiger partial charge on any atom is 0.137 e. The van der Waals surface area contributed by atoms with Crippen molar-refractivity contribution in [3.8, 4) is 11.1 Å². The van der Waals surface area contributed by atoms with Crippen LogP contribution >= 0.6 is 0 Å². The summed E-state index contributed by atoms with van der Waals surface area (Å²) >= 11 is 0. The highest BCUT2D eigenvalue weighted by molar-refractivity contribution is 5.81. The van der Waals surface area contributed by atoms with Crippen molar-refractivity contribution >= 4 is 5.78 Å². The lowest BCUT2D eigenvalue weighted by atomic mass is 9.95. The molecule has 1 atom stereocenters. The zero-order valence-electron chi connectivity index (χ0n) is 13.0. The number of benzene rings is 2. The Morgan fingerprint density at radius 1 is 0.952 bits per heavy atom. The molecule has 0 saturated carbocycles. The molecule has 0 aliphatic heterocycles. The van der Waals surface area contributed by atoms with Crippen LogP contribution in [0.5, 0.6) is 0 Å². The number of Topliss-reactive ketones (excluding diaryl/α,β-unsaturated/α-hetero) is 1. The van der Waals surface area contributed by atoms with Crippen LogP contribution in [-0.2, 0) is 11.2 Å². The van der Waals surface area contributed by atoms with Crippen LogP contribution in [0.25, 0.3) is 11.1 Å². The molecule has 1 nitrogen and oxygen atoms in total. The molecule has 2 aromatic carbocycles. The molecule has 0 bridgehead atoms. The first-order valence-corrected chi connectivity index (χ1v) is 7.85. The van der Waals surface area contributed by atoms with E-state index in [1.807, 2.05) is 18.2 Å². The van der Waals surface area contributed by atoms with Gasteiger partial charge in [-0.3, -0.25) is 4.79 Å². The highest BCUT2D eigenvalue weighted by Crippen LogP contribution is 2.20. The maximum absolute atomic E-state index is 12.1. The topological polar surface area (TPSA) is 17.1 Å². The van der Waals surface area contributed by atoms with Crippen molar-refractivity contribution in [3.05, 3.63) is 60.2 Å². The van der Waals surface area contributed by atoms with Gasteiger partial charge >= 0.3 is 0 Å². The third kappa shape index (κ3) is 4.86. The summed E-state index contributed by atoms with van der Waals surface area (Å²) in [6.45, 7) is 4.34. The van der Waals surface area contributed by atoms with E-state index in [2.05, 4.69) is 50.2 Å². The second kappa shape index (κ2) is 7.78. The fourth-order valence-electron chi connectivity index (χ4n) is 2.73. The van der Waals surface area contributed by atoms with E-state index in [1.54, 1.807) is 0 Å². The summed E-state index contributed by atoms with van der Waals surface area (Å²) in [4.78, 5) is 12.1. The molecule has 0 radical (unpaired) electrons. The fraction of sp³-hybridized carbons (Fsp3) is 0.350. The lowest BCUT2D eigenvalue weighted by Gasteiger charge is -2.09. The van der Waals surface area contributed by atoms with Gasteiger partial charge < -0.3 is 0 Å². The molecule has 0 aliphatic carbocycles. The predicted octanol–water partition coefficient (Wildman–Crippen LogP) is 5.29. The Labute approximate surface area is 128 Å². The Hall–Kier alpha value is -1.89. The van der Waals surface area contributed by atoms with Crippen LogP contribution in [0.4, 0.5) is 0 Å². The summed E-state index contributed by atoms with van der Waals surface area (Å²) in [5.41, 5.74) is 3.53. The highest BCUT2D eigenvalue weighted by atomic mass is 16.1. The molecule has 0 aliphatic rings. The van der Waals surface area contributed by atoms with E-state index >= 15 is 0 Å². The summed E-state index contributed by atoms with van der Waals surface area (Å²) in [7, 11) is 0. The van der Waals surface area contributed by atoms with Crippen molar-refractivity contribution in [1.29, 1.82) is 0 Å². The molecular weight excluding hydrogens is 256 g/mol. The van der Waals surface area contributed by atoms with E-state index in [0.29, 0.717) is 24.5 Å². The number of hydrogen-bond acceptors (Lipinski definition) is 1. The van der Waals surface area contributed by atoms with Crippen molar-refractivity contribution < 1.29 is 4.79 Å². The van der Waals surface area contributed by atoms with E-state index in [1.165, 1.54) is 11.1 Å². The Balaban J connectivity index is 1.95. The van der Waals surface area contributed by atoms with Gasteiger partial charge in [-0.15, -0.1) is 0 Å². The van der Waals surface area contributed by atoms with Gasteiger partial charge in [0.15, 0.2) is 0 Å². The molecule has 2 rings (SSSR count). The molecule has 1 unspecified atom stereocenters. The number of carbonyl (C=O) groups is 1. The van der Waals surface area contributed by atoms with Crippen molar-refractivity contribution in [1.82, 2.24) is 0 Å². The van der Waals surface area contributed by atoms with Crippen LogP contribution in [0.1, 0.15) is 38.7 Å². The summed E-state index contributed by atoms with van der Waals surface area (Å²) in [5.74, 6) is 0.856. The van der Waals surface area contributed by atoms with Crippen LogP contribution in [-0.4, -0.2) is 5.78 Å². The van der Waals surface area contributed by atoms with Crippen LogP contribution in [0.2, 0.25) is 0 Å². The summed E-state index contributed by atoms with van der Waals surface area (Å²) in [6.07, 6.45) is 3.55. The Kier molecular flexibility index (Phi) is 5.74. The SMILES string of the molecule is CCCC(C)CC(=O)Cc1ccc(-c2ccccc2)cc1. The quantitative estimate of drug-likeness (QED) is 0.673. The molecular formula is C20H24O. The van der Waals surface area contributed by atoms with Gasteiger partial charge in [-0.25, -0.2) is 0 Å². The van der Waals surface area contributed by atoms with Gasteiger partial charge in [0.05, 0.1) is 0 Å². The lowest BCUT2D eigenvalue weighted by molar-refractivity contribution is -0.119. The van der Waals surface area contributed by atoms with E-state index in [9.17, 15) is 4.79 Å². The van der Waals surface area contributed by atoms with Gasteiger partial charge in [0.25, 0.3) is 0 Å². The number of rotatable bonds is 7. The molecule has 0 spiro atoms. The smallest absolute Gasteiger partial charge is 0.137 e. The molecule has 1 heteroatoms. The van der Waals surface area contributed by atoms with Crippen molar-refractivity contribution in [3.63, 3.8) is 0 Å². The van der Waals surface area contributed by atoms with Crippen LogP contribution in [0, 0.1) is 5.92 Å². The summed E-state index contributed by atoms with van der Waals surface area (Å²) in [6, 6.07) is 18.7. The van der Waals surface area contributed by atoms with Crippen LogP contribution in [0.15, 0.2) is 54.6 Å². The molecule has 0 fully saturated rings. The Bertz CT molecular complexity index is 554. The average Bonchev–Trinajstić information content (AvgIpc) is 2.49. The number of hydrogen-bond donors (Lipinski definition) is 0. The molecule has 0 amide bonds. The van der Waals surface area contributed by atoms with E-state index < -0.39 is 0 Å². The van der Waals surface area contributed by atoms with E-state index in [-0.39, 0.29) is 0 Å². The highest BCUT2D eigenvalue weighted by Gasteiger charge is 2.09. The van der Waals surface area contributed by atoms with Crippen molar-refractivity contribution in [2.24, 2.45) is 5.92 Å². The zero-order chi connectivity index (χ0) is 15.1. The van der Waals surface area contributed by atoms with Gasteiger partial charge in [0.2, 0.25) is 0 Å². The minimum Gasteiger partial charge on any atom is -0.299 e. The average molecular weight is 280 g/mol. The van der Waals surface area contributed by atoms with Crippen molar-refractivity contribution in [2.45, 2.75) is 39.5 Å². The Morgan fingerprint density at radius 2 is 1.57 bits per heavy atom. The standard InChI is InChI=1S/C20H24O/c1-3-7-16(2)14-20(21)15-17-10-12-19(13-11-17)18-8-5-4-6-9-18/h4-6,8-13,16H,3,7,14-15H2,1-2H3. The number of ketones is 1. The second-order valence-electron chi connectivity index (χ2n) is 5.88. The zero-order valence-corrected chi connectivity index (χ0v) is 13.0. The van der Waals surface area contributed by atoms with Crippen LogP contribution in [0.3, 0.4) is 0 Å². The molecule has 2 aromatic rings. The van der Waals surface area contributed by atoms with Gasteiger partial charge in [-0.1, -0.05) is 81.3 Å². The summed E-state index contributed by atoms with van der Waals surface area (Å²) < 4.78 is 0. The first kappa shape index (κ1) is 15.5. The fourth-order valence-corrected chi connectivity index (χ4v) is 2.73. The van der Waals surface area contributed by atoms with Gasteiger partial charge in [0.1, 0.15) is 5.78 Å².